The molecule has 0 atom stereocenters. The smallest absolute Gasteiger partial charge is 0.337 e. The summed E-state index contributed by atoms with van der Waals surface area (Å²) in [6.07, 6.45) is 1.72. The van der Waals surface area contributed by atoms with E-state index in [4.69, 9.17) is 4.74 Å². The first-order valence-electron chi connectivity index (χ1n) is 6.62. The van der Waals surface area contributed by atoms with E-state index in [1.165, 1.54) is 7.11 Å². The molecule has 1 aliphatic carbocycles. The predicted octanol–water partition coefficient (Wildman–Crippen LogP) is 1.68. The average Bonchev–Trinajstić information content (AvgIpc) is 2.36. The van der Waals surface area contributed by atoms with Crippen LogP contribution in [-0.4, -0.2) is 42.8 Å². The van der Waals surface area contributed by atoms with E-state index in [1.807, 2.05) is 18.2 Å². The van der Waals surface area contributed by atoms with Crippen molar-refractivity contribution < 1.29 is 14.6 Å². The Hall–Kier alpha value is -1.39. The Labute approximate surface area is 114 Å². The molecule has 0 spiro atoms. The third kappa shape index (κ3) is 3.78. The number of carbonyl (C=O) groups is 1. The van der Waals surface area contributed by atoms with Crippen molar-refractivity contribution in [2.45, 2.75) is 25.5 Å². The number of aliphatic hydroxyl groups excluding tert-OH is 1. The molecule has 1 saturated carbocycles. The number of rotatable bonds is 5. The fourth-order valence-electron chi connectivity index (χ4n) is 2.58. The Morgan fingerprint density at radius 1 is 1.47 bits per heavy atom. The maximum Gasteiger partial charge on any atom is 0.337 e. The fourth-order valence-corrected chi connectivity index (χ4v) is 2.58. The minimum atomic E-state index is -0.299. The summed E-state index contributed by atoms with van der Waals surface area (Å²) in [5.74, 6) is 0.301. The van der Waals surface area contributed by atoms with Gasteiger partial charge in [-0.3, -0.25) is 0 Å². The number of hydrogen-bond donors (Lipinski definition) is 1. The molecule has 0 bridgehead atoms. The predicted molar refractivity (Wildman–Crippen MR) is 72.8 cm³/mol. The van der Waals surface area contributed by atoms with Crippen molar-refractivity contribution in [1.82, 2.24) is 4.90 Å². The number of hydrogen-bond acceptors (Lipinski definition) is 4. The Morgan fingerprint density at radius 2 is 2.21 bits per heavy atom. The summed E-state index contributed by atoms with van der Waals surface area (Å²) >= 11 is 0. The first kappa shape index (κ1) is 14.0. The second-order valence-corrected chi connectivity index (χ2v) is 5.38. The van der Waals surface area contributed by atoms with Crippen molar-refractivity contribution in [3.8, 4) is 0 Å². The van der Waals surface area contributed by atoms with Gasteiger partial charge in [-0.2, -0.15) is 0 Å². The number of aliphatic hydroxyl groups is 1. The first-order valence-corrected chi connectivity index (χ1v) is 6.62. The van der Waals surface area contributed by atoms with Gasteiger partial charge in [-0.05, 0) is 43.5 Å². The minimum absolute atomic E-state index is 0.0962. The number of nitrogens with zero attached hydrogens (tertiary/aromatic N) is 1. The van der Waals surface area contributed by atoms with Crippen LogP contribution in [0.1, 0.15) is 28.8 Å². The van der Waals surface area contributed by atoms with Gasteiger partial charge in [0.05, 0.1) is 18.8 Å². The maximum absolute atomic E-state index is 11.5. The molecule has 0 unspecified atom stereocenters. The van der Waals surface area contributed by atoms with Crippen LogP contribution in [0.15, 0.2) is 24.3 Å². The molecule has 1 aromatic rings. The number of benzene rings is 1. The van der Waals surface area contributed by atoms with Crippen LogP contribution in [0.2, 0.25) is 0 Å². The van der Waals surface area contributed by atoms with Gasteiger partial charge < -0.3 is 14.7 Å². The quantitative estimate of drug-likeness (QED) is 0.821. The molecule has 4 heteroatoms. The van der Waals surface area contributed by atoms with Gasteiger partial charge in [-0.25, -0.2) is 4.79 Å². The Kier molecular flexibility index (Phi) is 4.56. The Morgan fingerprint density at radius 3 is 2.84 bits per heavy atom. The molecule has 0 saturated heterocycles. The average molecular weight is 263 g/mol. The highest BCUT2D eigenvalue weighted by molar-refractivity contribution is 5.89. The van der Waals surface area contributed by atoms with Crippen LogP contribution < -0.4 is 0 Å². The lowest BCUT2D eigenvalue weighted by atomic mass is 9.82. The molecule has 1 fully saturated rings. The SMILES string of the molecule is COC(=O)c1cccc(CN(C)CC2CC(O)C2)c1. The van der Waals surface area contributed by atoms with Gasteiger partial charge in [-0.1, -0.05) is 12.1 Å². The highest BCUT2D eigenvalue weighted by Gasteiger charge is 2.27. The molecule has 1 aliphatic rings. The molecule has 0 radical (unpaired) electrons. The summed E-state index contributed by atoms with van der Waals surface area (Å²) in [4.78, 5) is 13.7. The first-order chi connectivity index (χ1) is 9.08. The zero-order valence-electron chi connectivity index (χ0n) is 11.5. The van der Waals surface area contributed by atoms with Crippen molar-refractivity contribution in [2.24, 2.45) is 5.92 Å². The minimum Gasteiger partial charge on any atom is -0.465 e. The molecule has 0 amide bonds. The van der Waals surface area contributed by atoms with E-state index < -0.39 is 0 Å². The highest BCUT2D eigenvalue weighted by Crippen LogP contribution is 2.27. The van der Waals surface area contributed by atoms with Crippen molar-refractivity contribution in [2.75, 3.05) is 20.7 Å². The van der Waals surface area contributed by atoms with E-state index in [0.29, 0.717) is 11.5 Å². The number of methoxy groups -OCH3 is 1. The molecule has 19 heavy (non-hydrogen) atoms. The van der Waals surface area contributed by atoms with E-state index >= 15 is 0 Å². The molecule has 1 aromatic carbocycles. The summed E-state index contributed by atoms with van der Waals surface area (Å²) in [5, 5.41) is 9.28. The van der Waals surface area contributed by atoms with Crippen molar-refractivity contribution in [3.63, 3.8) is 0 Å². The maximum atomic E-state index is 11.5. The third-order valence-electron chi connectivity index (χ3n) is 3.58. The largest absolute Gasteiger partial charge is 0.465 e. The van der Waals surface area contributed by atoms with Gasteiger partial charge in [0.25, 0.3) is 0 Å². The zero-order chi connectivity index (χ0) is 13.8. The number of carbonyl (C=O) groups excluding carboxylic acids is 1. The molecule has 4 nitrogen and oxygen atoms in total. The molecule has 1 N–H and O–H groups in total. The standard InChI is InChI=1S/C15H21NO3/c1-16(10-12-7-14(17)8-12)9-11-4-3-5-13(6-11)15(18)19-2/h3-6,12,14,17H,7-10H2,1-2H3. The van der Waals surface area contributed by atoms with Crippen molar-refractivity contribution >= 4 is 5.97 Å². The lowest BCUT2D eigenvalue weighted by Gasteiger charge is -2.34. The Bertz CT molecular complexity index is 441. The topological polar surface area (TPSA) is 49.8 Å². The van der Waals surface area contributed by atoms with Crippen LogP contribution in [0.4, 0.5) is 0 Å². The van der Waals surface area contributed by atoms with Crippen LogP contribution in [0.25, 0.3) is 0 Å². The van der Waals surface area contributed by atoms with Gasteiger partial charge in [0.15, 0.2) is 0 Å². The second-order valence-electron chi connectivity index (χ2n) is 5.38. The normalized spacial score (nSPS) is 22.1. The molecule has 0 aliphatic heterocycles. The van der Waals surface area contributed by atoms with Crippen LogP contribution in [0.3, 0.4) is 0 Å². The van der Waals surface area contributed by atoms with E-state index in [2.05, 4.69) is 11.9 Å². The molecular weight excluding hydrogens is 242 g/mol. The highest BCUT2D eigenvalue weighted by atomic mass is 16.5. The molecule has 104 valence electrons. The Balaban J connectivity index is 1.89. The third-order valence-corrected chi connectivity index (χ3v) is 3.58. The monoisotopic (exact) mass is 263 g/mol. The van der Waals surface area contributed by atoms with Gasteiger partial charge >= 0.3 is 5.97 Å². The van der Waals surface area contributed by atoms with Gasteiger partial charge in [-0.15, -0.1) is 0 Å². The lowest BCUT2D eigenvalue weighted by molar-refractivity contribution is 0.0273. The molecule has 0 heterocycles. The number of esters is 1. The van der Waals surface area contributed by atoms with Crippen LogP contribution in [0.5, 0.6) is 0 Å². The van der Waals surface area contributed by atoms with Crippen LogP contribution >= 0.6 is 0 Å². The zero-order valence-corrected chi connectivity index (χ0v) is 11.5. The van der Waals surface area contributed by atoms with Gasteiger partial charge in [0.2, 0.25) is 0 Å². The van der Waals surface area contributed by atoms with Crippen LogP contribution in [0, 0.1) is 5.92 Å². The molecule has 0 aromatic heterocycles. The van der Waals surface area contributed by atoms with Gasteiger partial charge in [0, 0.05) is 13.1 Å². The summed E-state index contributed by atoms with van der Waals surface area (Å²) in [7, 11) is 3.46. The van der Waals surface area contributed by atoms with E-state index in [0.717, 1.165) is 31.5 Å². The van der Waals surface area contributed by atoms with E-state index in [1.54, 1.807) is 6.07 Å². The summed E-state index contributed by atoms with van der Waals surface area (Å²) in [6, 6.07) is 7.52. The van der Waals surface area contributed by atoms with Crippen molar-refractivity contribution in [1.29, 1.82) is 0 Å². The lowest BCUT2D eigenvalue weighted by Crippen LogP contribution is -2.36. The van der Waals surface area contributed by atoms with Crippen LogP contribution in [-0.2, 0) is 11.3 Å². The molecule has 2 rings (SSSR count). The van der Waals surface area contributed by atoms with Gasteiger partial charge in [0.1, 0.15) is 0 Å². The van der Waals surface area contributed by atoms with Crippen molar-refractivity contribution in [3.05, 3.63) is 35.4 Å². The number of ether oxygens (including phenoxy) is 1. The summed E-state index contributed by atoms with van der Waals surface area (Å²) < 4.78 is 4.72. The summed E-state index contributed by atoms with van der Waals surface area (Å²) in [5.41, 5.74) is 1.69. The fraction of sp³-hybridized carbons (Fsp3) is 0.533. The van der Waals surface area contributed by atoms with E-state index in [-0.39, 0.29) is 12.1 Å². The second kappa shape index (κ2) is 6.17. The van der Waals surface area contributed by atoms with E-state index in [9.17, 15) is 9.90 Å². The summed E-state index contributed by atoms with van der Waals surface area (Å²) in [6.45, 7) is 1.79. The molecular formula is C15H21NO3.